The first-order valence-corrected chi connectivity index (χ1v) is 3.02. The van der Waals surface area contributed by atoms with Crippen molar-refractivity contribution >= 4 is 12.4 Å². The van der Waals surface area contributed by atoms with Crippen molar-refractivity contribution in [3.63, 3.8) is 0 Å². The Morgan fingerprint density at radius 2 is 2.67 bits per heavy atom. The minimum atomic E-state index is -1.94. The van der Waals surface area contributed by atoms with Crippen LogP contribution < -0.4 is 5.73 Å². The van der Waals surface area contributed by atoms with Crippen molar-refractivity contribution in [1.82, 2.24) is 4.90 Å². The van der Waals surface area contributed by atoms with Gasteiger partial charge in [0, 0.05) is 16.7 Å². The first-order chi connectivity index (χ1) is 5.05. The van der Waals surface area contributed by atoms with Crippen molar-refractivity contribution in [3.05, 3.63) is 0 Å². The molecular formula is C6H15ClN2. The summed E-state index contributed by atoms with van der Waals surface area (Å²) in [6, 6.07) is 0.0718. The molecule has 0 amide bonds. The summed E-state index contributed by atoms with van der Waals surface area (Å²) in [7, 11) is 0. The zero-order valence-electron chi connectivity index (χ0n) is 8.34. The van der Waals surface area contributed by atoms with Gasteiger partial charge >= 0.3 is 0 Å². The fraction of sp³-hybridized carbons (Fsp3) is 1.00. The van der Waals surface area contributed by atoms with Crippen LogP contribution in [0.15, 0.2) is 0 Å². The van der Waals surface area contributed by atoms with Crippen LogP contribution in [-0.2, 0) is 0 Å². The van der Waals surface area contributed by atoms with Gasteiger partial charge in [-0.3, -0.25) is 0 Å². The zero-order chi connectivity index (χ0) is 8.48. The molecule has 9 heavy (non-hydrogen) atoms. The highest BCUT2D eigenvalue weighted by molar-refractivity contribution is 5.85. The summed E-state index contributed by atoms with van der Waals surface area (Å²) in [6.07, 6.45) is 1.88. The molecule has 0 saturated carbocycles. The molecule has 1 atom stereocenters. The van der Waals surface area contributed by atoms with E-state index in [9.17, 15) is 0 Å². The number of nitrogens with two attached hydrogens (primary N) is 1. The molecule has 0 aromatic carbocycles. The third-order valence-electron chi connectivity index (χ3n) is 1.65. The molecule has 0 aromatic heterocycles. The van der Waals surface area contributed by atoms with E-state index < -0.39 is 6.98 Å². The molecule has 1 rings (SSSR count). The molecule has 0 aromatic rings. The van der Waals surface area contributed by atoms with Crippen LogP contribution in [0, 0.1) is 0 Å². The highest BCUT2D eigenvalue weighted by atomic mass is 35.5. The van der Waals surface area contributed by atoms with E-state index in [0.29, 0.717) is 13.1 Å². The van der Waals surface area contributed by atoms with Gasteiger partial charge in [-0.1, -0.05) is 0 Å². The molecule has 2 nitrogen and oxygen atoms in total. The Kier molecular flexibility index (Phi) is 2.25. The predicted molar refractivity (Wildman–Crippen MR) is 42.0 cm³/mol. The lowest BCUT2D eigenvalue weighted by molar-refractivity contribution is 0.317. The van der Waals surface area contributed by atoms with Gasteiger partial charge in [-0.25, -0.2) is 0 Å². The lowest BCUT2D eigenvalue weighted by Crippen LogP contribution is -2.31. The third kappa shape index (κ3) is 2.12. The quantitative estimate of drug-likeness (QED) is 0.593. The third-order valence-corrected chi connectivity index (χ3v) is 1.65. The molecule has 0 aliphatic carbocycles. The number of likely N-dealkylation sites (tertiary alicyclic amines) is 1. The standard InChI is InChI=1S/C6H14N2.ClH/c1-8-4-2-3-6(8)5-7;/h6H,2-5,7H2,1H3;1H/t6-;/m1./s1/i1D3;. The van der Waals surface area contributed by atoms with Crippen molar-refractivity contribution in [3.8, 4) is 0 Å². The predicted octanol–water partition coefficient (Wildman–Crippen LogP) is 0.461. The number of rotatable bonds is 1. The first-order valence-electron chi connectivity index (χ1n) is 4.52. The minimum Gasteiger partial charge on any atom is -0.329 e. The topological polar surface area (TPSA) is 29.3 Å². The maximum atomic E-state index is 7.17. The lowest BCUT2D eigenvalue weighted by atomic mass is 10.2. The van der Waals surface area contributed by atoms with Crippen molar-refractivity contribution in [1.29, 1.82) is 0 Å². The van der Waals surface area contributed by atoms with Crippen LogP contribution >= 0.6 is 12.4 Å². The summed E-state index contributed by atoms with van der Waals surface area (Å²) in [4.78, 5) is 1.52. The van der Waals surface area contributed by atoms with E-state index in [0.717, 1.165) is 12.8 Å². The average molecular weight is 154 g/mol. The molecule has 0 bridgehead atoms. The molecule has 1 fully saturated rings. The van der Waals surface area contributed by atoms with Crippen LogP contribution in [0.3, 0.4) is 0 Å². The minimum absolute atomic E-state index is 0. The van der Waals surface area contributed by atoms with E-state index >= 15 is 0 Å². The van der Waals surface area contributed by atoms with Gasteiger partial charge in [0.1, 0.15) is 0 Å². The van der Waals surface area contributed by atoms with Crippen LogP contribution in [0.25, 0.3) is 0 Å². The van der Waals surface area contributed by atoms with E-state index in [4.69, 9.17) is 9.85 Å². The Bertz CT molecular complexity index is 139. The normalized spacial score (nSPS) is 34.3. The van der Waals surface area contributed by atoms with Gasteiger partial charge in [0.05, 0.1) is 0 Å². The second kappa shape index (κ2) is 4.09. The Labute approximate surface area is 67.0 Å². The Hall–Kier alpha value is 0.210. The molecule has 1 aliphatic heterocycles. The smallest absolute Gasteiger partial charge is 0.0394 e. The van der Waals surface area contributed by atoms with E-state index in [-0.39, 0.29) is 18.4 Å². The number of hydrogen-bond donors (Lipinski definition) is 1. The first kappa shape index (κ1) is 4.94. The van der Waals surface area contributed by atoms with Crippen molar-refractivity contribution in [2.45, 2.75) is 18.9 Å². The molecule has 0 unspecified atom stereocenters. The van der Waals surface area contributed by atoms with Crippen LogP contribution in [0.5, 0.6) is 0 Å². The van der Waals surface area contributed by atoms with Gasteiger partial charge < -0.3 is 10.6 Å². The molecule has 3 heteroatoms. The maximum absolute atomic E-state index is 7.17. The van der Waals surface area contributed by atoms with Gasteiger partial charge in [-0.15, -0.1) is 12.4 Å². The van der Waals surface area contributed by atoms with Crippen molar-refractivity contribution in [2.24, 2.45) is 5.73 Å². The molecule has 56 valence electrons. The molecule has 1 saturated heterocycles. The Balaban J connectivity index is 0.00000121. The highest BCUT2D eigenvalue weighted by Crippen LogP contribution is 2.12. The summed E-state index contributed by atoms with van der Waals surface area (Å²) in [5, 5.41) is 0. The number of likely N-dealkylation sites (N-methyl/N-ethyl adjacent to an activating group) is 1. The maximum Gasteiger partial charge on any atom is 0.0394 e. The fourth-order valence-corrected chi connectivity index (χ4v) is 1.08. The summed E-state index contributed by atoms with van der Waals surface area (Å²) >= 11 is 0. The van der Waals surface area contributed by atoms with Crippen LogP contribution in [0.4, 0.5) is 0 Å². The monoisotopic (exact) mass is 153 g/mol. The van der Waals surface area contributed by atoms with E-state index in [1.807, 2.05) is 0 Å². The molecular weight excluding hydrogens is 136 g/mol. The lowest BCUT2D eigenvalue weighted by Gasteiger charge is -2.15. The Morgan fingerprint density at radius 3 is 3.11 bits per heavy atom. The van der Waals surface area contributed by atoms with Gasteiger partial charge in [-0.2, -0.15) is 0 Å². The van der Waals surface area contributed by atoms with E-state index in [1.54, 1.807) is 0 Å². The number of hydrogen-bond acceptors (Lipinski definition) is 2. The second-order valence-corrected chi connectivity index (χ2v) is 2.23. The van der Waals surface area contributed by atoms with Crippen molar-refractivity contribution < 1.29 is 4.11 Å². The summed E-state index contributed by atoms with van der Waals surface area (Å²) in [5.41, 5.74) is 5.43. The van der Waals surface area contributed by atoms with Crippen molar-refractivity contribution in [2.75, 3.05) is 20.1 Å². The molecule has 1 heterocycles. The number of nitrogens with zero attached hydrogens (tertiary/aromatic N) is 1. The Morgan fingerprint density at radius 1 is 1.89 bits per heavy atom. The van der Waals surface area contributed by atoms with Gasteiger partial charge in [0.15, 0.2) is 0 Å². The molecule has 2 N–H and O–H groups in total. The molecule has 1 aliphatic rings. The van der Waals surface area contributed by atoms with Crippen LogP contribution in [-0.4, -0.2) is 31.0 Å². The molecule has 0 spiro atoms. The average Bonchev–Trinajstić information content (AvgIpc) is 2.31. The number of halogens is 1. The van der Waals surface area contributed by atoms with E-state index in [1.165, 1.54) is 4.90 Å². The fourth-order valence-electron chi connectivity index (χ4n) is 1.08. The largest absolute Gasteiger partial charge is 0.329 e. The zero-order valence-corrected chi connectivity index (χ0v) is 6.16. The SMILES string of the molecule is Cl.[2H]C([2H])([2H])N1CCC[C@@H]1CN. The van der Waals surface area contributed by atoms with Crippen LogP contribution in [0.2, 0.25) is 0 Å². The summed E-state index contributed by atoms with van der Waals surface area (Å²) < 4.78 is 21.5. The summed E-state index contributed by atoms with van der Waals surface area (Å²) in [5.74, 6) is 0. The van der Waals surface area contributed by atoms with Gasteiger partial charge in [0.2, 0.25) is 0 Å². The van der Waals surface area contributed by atoms with Gasteiger partial charge in [0.25, 0.3) is 0 Å². The van der Waals surface area contributed by atoms with E-state index in [2.05, 4.69) is 0 Å². The van der Waals surface area contributed by atoms with Crippen LogP contribution in [0.1, 0.15) is 17.0 Å². The summed E-state index contributed by atoms with van der Waals surface area (Å²) in [6.45, 7) is -0.822. The molecule has 0 radical (unpaired) electrons. The highest BCUT2D eigenvalue weighted by Gasteiger charge is 2.17. The van der Waals surface area contributed by atoms with Gasteiger partial charge in [-0.05, 0) is 26.4 Å². The second-order valence-electron chi connectivity index (χ2n) is 2.23.